The van der Waals surface area contributed by atoms with Crippen LogP contribution in [-0.2, 0) is 0 Å². The first-order valence-electron chi connectivity index (χ1n) is 6.69. The molecule has 2 N–H and O–H groups in total. The number of amides is 1. The second kappa shape index (κ2) is 4.89. The predicted molar refractivity (Wildman–Crippen MR) is 79.3 cm³/mol. The van der Waals surface area contributed by atoms with E-state index >= 15 is 0 Å². The normalized spacial score (nSPS) is 13.2. The van der Waals surface area contributed by atoms with Gasteiger partial charge < -0.3 is 15.4 Å². The Morgan fingerprint density at radius 1 is 1.15 bits per heavy atom. The van der Waals surface area contributed by atoms with Crippen LogP contribution >= 0.6 is 0 Å². The number of ether oxygens (including phenoxy) is 1. The van der Waals surface area contributed by atoms with Gasteiger partial charge in [0, 0.05) is 12.2 Å². The lowest BCUT2D eigenvalue weighted by Gasteiger charge is -2.21. The van der Waals surface area contributed by atoms with Crippen molar-refractivity contribution >= 4 is 17.3 Å². The summed E-state index contributed by atoms with van der Waals surface area (Å²) in [6.07, 6.45) is 0.873. The SMILES string of the molecule is CCCN1C(=O)c2cc(N)ccc2Oc2ccccc21. The number of rotatable bonds is 2. The summed E-state index contributed by atoms with van der Waals surface area (Å²) < 4.78 is 5.89. The van der Waals surface area contributed by atoms with Gasteiger partial charge in [-0.25, -0.2) is 0 Å². The number of carbonyl (C=O) groups excluding carboxylic acids is 1. The zero-order valence-corrected chi connectivity index (χ0v) is 11.3. The summed E-state index contributed by atoms with van der Waals surface area (Å²) in [5, 5.41) is 0. The van der Waals surface area contributed by atoms with Gasteiger partial charge in [0.1, 0.15) is 5.75 Å². The van der Waals surface area contributed by atoms with Gasteiger partial charge in [-0.15, -0.1) is 0 Å². The molecule has 0 unspecified atom stereocenters. The van der Waals surface area contributed by atoms with Crippen molar-refractivity contribution < 1.29 is 9.53 Å². The average molecular weight is 268 g/mol. The van der Waals surface area contributed by atoms with E-state index in [4.69, 9.17) is 10.5 Å². The zero-order valence-electron chi connectivity index (χ0n) is 11.3. The number of hydrogen-bond acceptors (Lipinski definition) is 3. The van der Waals surface area contributed by atoms with Crippen LogP contribution in [0.15, 0.2) is 42.5 Å². The van der Waals surface area contributed by atoms with E-state index in [1.165, 1.54) is 0 Å². The molecule has 0 radical (unpaired) electrons. The van der Waals surface area contributed by atoms with Crippen molar-refractivity contribution in [3.8, 4) is 11.5 Å². The van der Waals surface area contributed by atoms with Crippen LogP contribution in [0.5, 0.6) is 11.5 Å². The van der Waals surface area contributed by atoms with E-state index in [-0.39, 0.29) is 5.91 Å². The first kappa shape index (κ1) is 12.5. The van der Waals surface area contributed by atoms with E-state index in [0.29, 0.717) is 29.3 Å². The summed E-state index contributed by atoms with van der Waals surface area (Å²) in [7, 11) is 0. The molecule has 0 aromatic heterocycles. The molecule has 1 aliphatic heterocycles. The van der Waals surface area contributed by atoms with Crippen molar-refractivity contribution in [2.24, 2.45) is 0 Å². The molecule has 4 nitrogen and oxygen atoms in total. The van der Waals surface area contributed by atoms with Crippen LogP contribution in [0.1, 0.15) is 23.7 Å². The highest BCUT2D eigenvalue weighted by Crippen LogP contribution is 2.39. The van der Waals surface area contributed by atoms with E-state index in [2.05, 4.69) is 0 Å². The molecule has 1 aliphatic rings. The molecular weight excluding hydrogens is 252 g/mol. The van der Waals surface area contributed by atoms with Gasteiger partial charge in [-0.3, -0.25) is 4.79 Å². The maximum Gasteiger partial charge on any atom is 0.262 e. The Hall–Kier alpha value is -2.49. The highest BCUT2D eigenvalue weighted by molar-refractivity contribution is 6.10. The van der Waals surface area contributed by atoms with Gasteiger partial charge in [-0.1, -0.05) is 19.1 Å². The van der Waals surface area contributed by atoms with E-state index in [0.717, 1.165) is 12.1 Å². The average Bonchev–Trinajstić information content (AvgIpc) is 2.57. The highest BCUT2D eigenvalue weighted by Gasteiger charge is 2.27. The molecule has 0 atom stereocenters. The second-order valence-electron chi connectivity index (χ2n) is 4.78. The summed E-state index contributed by atoms with van der Waals surface area (Å²) in [5.74, 6) is 1.17. The molecular formula is C16H16N2O2. The number of carbonyl (C=O) groups is 1. The van der Waals surface area contributed by atoms with Crippen LogP contribution in [0.4, 0.5) is 11.4 Å². The number of hydrogen-bond donors (Lipinski definition) is 1. The molecule has 0 saturated heterocycles. The van der Waals surface area contributed by atoms with Crippen LogP contribution < -0.4 is 15.4 Å². The van der Waals surface area contributed by atoms with Gasteiger partial charge >= 0.3 is 0 Å². The Balaban J connectivity index is 2.19. The Bertz CT molecular complexity index is 667. The van der Waals surface area contributed by atoms with E-state index in [1.54, 1.807) is 23.1 Å². The largest absolute Gasteiger partial charge is 0.454 e. The van der Waals surface area contributed by atoms with Crippen molar-refractivity contribution in [2.75, 3.05) is 17.2 Å². The van der Waals surface area contributed by atoms with Crippen molar-refractivity contribution in [3.63, 3.8) is 0 Å². The summed E-state index contributed by atoms with van der Waals surface area (Å²) in [6, 6.07) is 12.7. The fourth-order valence-electron chi connectivity index (χ4n) is 2.39. The minimum atomic E-state index is -0.0703. The fraction of sp³-hybridized carbons (Fsp3) is 0.188. The standard InChI is InChI=1S/C16H16N2O2/c1-2-9-18-13-5-3-4-6-15(13)20-14-8-7-11(17)10-12(14)16(18)19/h3-8,10H,2,9,17H2,1H3. The molecule has 3 rings (SSSR count). The van der Waals surface area contributed by atoms with Crippen molar-refractivity contribution in [1.29, 1.82) is 0 Å². The Morgan fingerprint density at radius 3 is 2.75 bits per heavy atom. The summed E-state index contributed by atoms with van der Waals surface area (Å²) in [5.41, 5.74) is 7.66. The molecule has 0 bridgehead atoms. The molecule has 0 fully saturated rings. The van der Waals surface area contributed by atoms with Gasteiger partial charge in [-0.05, 0) is 36.8 Å². The van der Waals surface area contributed by atoms with Gasteiger partial charge in [0.25, 0.3) is 5.91 Å². The summed E-state index contributed by atoms with van der Waals surface area (Å²) in [4.78, 5) is 14.5. The van der Waals surface area contributed by atoms with Crippen LogP contribution in [0.2, 0.25) is 0 Å². The topological polar surface area (TPSA) is 55.6 Å². The minimum Gasteiger partial charge on any atom is -0.454 e. The lowest BCUT2D eigenvalue weighted by molar-refractivity contribution is 0.0987. The molecule has 2 aromatic rings. The second-order valence-corrected chi connectivity index (χ2v) is 4.78. The quantitative estimate of drug-likeness (QED) is 0.849. The number of nitrogens with zero attached hydrogens (tertiary/aromatic N) is 1. The molecule has 0 aliphatic carbocycles. The lowest BCUT2D eigenvalue weighted by atomic mass is 10.1. The third kappa shape index (κ3) is 1.99. The van der Waals surface area contributed by atoms with Crippen molar-refractivity contribution in [1.82, 2.24) is 0 Å². The first-order chi connectivity index (χ1) is 9.70. The Labute approximate surface area is 117 Å². The van der Waals surface area contributed by atoms with Gasteiger partial charge in [-0.2, -0.15) is 0 Å². The maximum absolute atomic E-state index is 12.7. The molecule has 4 heteroatoms. The summed E-state index contributed by atoms with van der Waals surface area (Å²) in [6.45, 7) is 2.69. The molecule has 1 amide bonds. The van der Waals surface area contributed by atoms with E-state index < -0.39 is 0 Å². The third-order valence-corrected chi connectivity index (χ3v) is 3.30. The van der Waals surface area contributed by atoms with Crippen LogP contribution in [0, 0.1) is 0 Å². The zero-order chi connectivity index (χ0) is 14.1. The highest BCUT2D eigenvalue weighted by atomic mass is 16.5. The molecule has 0 saturated carbocycles. The van der Waals surface area contributed by atoms with E-state index in [9.17, 15) is 4.79 Å². The number of nitrogen functional groups attached to an aromatic ring is 1. The number of fused-ring (bicyclic) bond motifs is 2. The molecule has 2 aromatic carbocycles. The maximum atomic E-state index is 12.7. The monoisotopic (exact) mass is 268 g/mol. The first-order valence-corrected chi connectivity index (χ1v) is 6.69. The Kier molecular flexibility index (Phi) is 3.06. The van der Waals surface area contributed by atoms with Gasteiger partial charge in [0.15, 0.2) is 5.75 Å². The smallest absolute Gasteiger partial charge is 0.262 e. The van der Waals surface area contributed by atoms with Crippen LogP contribution in [0.25, 0.3) is 0 Å². The number of anilines is 2. The molecule has 0 spiro atoms. The number of para-hydroxylation sites is 2. The van der Waals surface area contributed by atoms with Crippen molar-refractivity contribution in [2.45, 2.75) is 13.3 Å². The third-order valence-electron chi connectivity index (χ3n) is 3.30. The van der Waals surface area contributed by atoms with Crippen LogP contribution in [0.3, 0.4) is 0 Å². The van der Waals surface area contributed by atoms with Crippen molar-refractivity contribution in [3.05, 3.63) is 48.0 Å². The number of nitrogens with two attached hydrogens (primary N) is 1. The fourth-order valence-corrected chi connectivity index (χ4v) is 2.39. The predicted octanol–water partition coefficient (Wildman–Crippen LogP) is 3.43. The Morgan fingerprint density at radius 2 is 1.95 bits per heavy atom. The van der Waals surface area contributed by atoms with Gasteiger partial charge in [0.2, 0.25) is 0 Å². The molecule has 102 valence electrons. The minimum absolute atomic E-state index is 0.0703. The van der Waals surface area contributed by atoms with Crippen LogP contribution in [-0.4, -0.2) is 12.5 Å². The number of benzene rings is 2. The van der Waals surface area contributed by atoms with Gasteiger partial charge in [0.05, 0.1) is 11.3 Å². The van der Waals surface area contributed by atoms with E-state index in [1.807, 2.05) is 31.2 Å². The summed E-state index contributed by atoms with van der Waals surface area (Å²) >= 11 is 0. The molecule has 1 heterocycles. The lowest BCUT2D eigenvalue weighted by Crippen LogP contribution is -2.30. The molecule has 20 heavy (non-hydrogen) atoms.